The molecule has 3 aromatic rings. The number of H-pyrrole nitrogens is 1. The van der Waals surface area contributed by atoms with E-state index in [1.807, 2.05) is 30.3 Å². The van der Waals surface area contributed by atoms with Crippen molar-refractivity contribution in [3.05, 3.63) is 76.1 Å². The molecule has 0 saturated heterocycles. The second-order valence-corrected chi connectivity index (χ2v) is 6.56. The highest BCUT2D eigenvalue weighted by atomic mass is 16.5. The summed E-state index contributed by atoms with van der Waals surface area (Å²) < 4.78 is 5.37. The van der Waals surface area contributed by atoms with Crippen molar-refractivity contribution in [2.24, 2.45) is 0 Å². The number of hydrogen-bond acceptors (Lipinski definition) is 6. The molecule has 0 unspecified atom stereocenters. The van der Waals surface area contributed by atoms with Crippen molar-refractivity contribution in [2.75, 3.05) is 20.2 Å². The number of hydrogen-bond donors (Lipinski definition) is 1. The summed E-state index contributed by atoms with van der Waals surface area (Å²) in [6, 6.07) is 7.89. The van der Waals surface area contributed by atoms with Crippen molar-refractivity contribution >= 4 is 6.08 Å². The number of fused-ring (bicyclic) bond motifs is 1. The SMILES string of the molecule is COc1ccccc1/C=C/CN1CCc2nc(-c3cnccn3)[nH]c(=O)c2C1. The molecular weight excluding hydrogens is 354 g/mol. The molecule has 3 heterocycles. The molecule has 0 spiro atoms. The predicted molar refractivity (Wildman–Crippen MR) is 107 cm³/mol. The Morgan fingerprint density at radius 3 is 3.00 bits per heavy atom. The van der Waals surface area contributed by atoms with Crippen LogP contribution in [0.3, 0.4) is 0 Å². The molecule has 2 aromatic heterocycles. The van der Waals surface area contributed by atoms with Crippen molar-refractivity contribution in [3.63, 3.8) is 0 Å². The van der Waals surface area contributed by atoms with E-state index in [1.165, 1.54) is 0 Å². The molecular formula is C21H21N5O2. The van der Waals surface area contributed by atoms with Crippen LogP contribution in [0.15, 0.2) is 53.7 Å². The van der Waals surface area contributed by atoms with Gasteiger partial charge in [0.25, 0.3) is 5.56 Å². The second-order valence-electron chi connectivity index (χ2n) is 6.56. The van der Waals surface area contributed by atoms with Crippen molar-refractivity contribution < 1.29 is 4.74 Å². The van der Waals surface area contributed by atoms with Crippen LogP contribution in [-0.4, -0.2) is 45.0 Å². The van der Waals surface area contributed by atoms with E-state index >= 15 is 0 Å². The Morgan fingerprint density at radius 1 is 1.29 bits per heavy atom. The molecule has 1 aromatic carbocycles. The molecule has 0 atom stereocenters. The number of ether oxygens (including phenoxy) is 1. The monoisotopic (exact) mass is 375 g/mol. The van der Waals surface area contributed by atoms with Crippen LogP contribution < -0.4 is 10.3 Å². The fourth-order valence-corrected chi connectivity index (χ4v) is 3.31. The zero-order chi connectivity index (χ0) is 19.3. The summed E-state index contributed by atoms with van der Waals surface area (Å²) in [5, 5.41) is 0. The number of methoxy groups -OCH3 is 1. The van der Waals surface area contributed by atoms with E-state index in [4.69, 9.17) is 4.74 Å². The highest BCUT2D eigenvalue weighted by Crippen LogP contribution is 2.20. The lowest BCUT2D eigenvalue weighted by Crippen LogP contribution is -2.35. The highest BCUT2D eigenvalue weighted by Gasteiger charge is 2.21. The molecule has 0 saturated carbocycles. The molecule has 0 amide bonds. The summed E-state index contributed by atoms with van der Waals surface area (Å²) in [6.07, 6.45) is 9.66. The van der Waals surface area contributed by atoms with Crippen LogP contribution >= 0.6 is 0 Å². The maximum Gasteiger partial charge on any atom is 0.255 e. The first kappa shape index (κ1) is 18.1. The van der Waals surface area contributed by atoms with Crippen LogP contribution in [0, 0.1) is 0 Å². The van der Waals surface area contributed by atoms with Gasteiger partial charge in [-0.25, -0.2) is 9.97 Å². The Balaban J connectivity index is 1.48. The van der Waals surface area contributed by atoms with Crippen LogP contribution in [0.4, 0.5) is 0 Å². The summed E-state index contributed by atoms with van der Waals surface area (Å²) in [5.41, 5.74) is 3.07. The van der Waals surface area contributed by atoms with Crippen LogP contribution in [-0.2, 0) is 13.0 Å². The summed E-state index contributed by atoms with van der Waals surface area (Å²) in [4.78, 5) is 30.5. The van der Waals surface area contributed by atoms with Gasteiger partial charge in [0.1, 0.15) is 11.4 Å². The minimum Gasteiger partial charge on any atom is -0.496 e. The lowest BCUT2D eigenvalue weighted by Gasteiger charge is -2.26. The van der Waals surface area contributed by atoms with Crippen molar-refractivity contribution in [1.82, 2.24) is 24.8 Å². The number of para-hydroxylation sites is 1. The van der Waals surface area contributed by atoms with Gasteiger partial charge in [-0.05, 0) is 6.07 Å². The standard InChI is InChI=1S/C21H21N5O2/c1-28-19-7-3-2-5-15(19)6-4-11-26-12-8-17-16(14-26)21(27)25-20(24-17)18-13-22-9-10-23-18/h2-7,9-10,13H,8,11-12,14H2,1H3,(H,24,25,27)/b6-4+. The molecule has 1 N–H and O–H groups in total. The van der Waals surface area contributed by atoms with Gasteiger partial charge in [0.2, 0.25) is 0 Å². The van der Waals surface area contributed by atoms with Gasteiger partial charge in [0.05, 0.1) is 24.6 Å². The Kier molecular flexibility index (Phi) is 5.25. The van der Waals surface area contributed by atoms with Gasteiger partial charge in [-0.3, -0.25) is 14.7 Å². The van der Waals surface area contributed by atoms with Crippen LogP contribution in [0.2, 0.25) is 0 Å². The molecule has 28 heavy (non-hydrogen) atoms. The zero-order valence-electron chi connectivity index (χ0n) is 15.6. The summed E-state index contributed by atoms with van der Waals surface area (Å²) in [6.45, 7) is 2.18. The lowest BCUT2D eigenvalue weighted by atomic mass is 10.1. The molecule has 7 nitrogen and oxygen atoms in total. The molecule has 0 aliphatic carbocycles. The predicted octanol–water partition coefficient (Wildman–Crippen LogP) is 2.31. The average molecular weight is 375 g/mol. The van der Waals surface area contributed by atoms with Crippen LogP contribution in [0.25, 0.3) is 17.6 Å². The smallest absolute Gasteiger partial charge is 0.255 e. The summed E-state index contributed by atoms with van der Waals surface area (Å²) >= 11 is 0. The van der Waals surface area contributed by atoms with E-state index in [-0.39, 0.29) is 5.56 Å². The molecule has 0 fully saturated rings. The Bertz CT molecular complexity index is 1050. The molecule has 0 bridgehead atoms. The van der Waals surface area contributed by atoms with Gasteiger partial charge in [0, 0.05) is 44.0 Å². The van der Waals surface area contributed by atoms with Gasteiger partial charge < -0.3 is 9.72 Å². The van der Waals surface area contributed by atoms with Gasteiger partial charge >= 0.3 is 0 Å². The van der Waals surface area contributed by atoms with Gasteiger partial charge in [-0.2, -0.15) is 0 Å². The molecule has 4 rings (SSSR count). The minimum absolute atomic E-state index is 0.107. The summed E-state index contributed by atoms with van der Waals surface area (Å²) in [7, 11) is 1.67. The first-order valence-corrected chi connectivity index (χ1v) is 9.15. The Hall–Kier alpha value is -3.32. The van der Waals surface area contributed by atoms with Gasteiger partial charge in [-0.1, -0.05) is 30.4 Å². The maximum atomic E-state index is 12.6. The third-order valence-electron chi connectivity index (χ3n) is 4.75. The summed E-state index contributed by atoms with van der Waals surface area (Å²) in [5.74, 6) is 1.32. The third kappa shape index (κ3) is 3.84. The van der Waals surface area contributed by atoms with E-state index in [2.05, 4.69) is 30.9 Å². The molecule has 7 heteroatoms. The topological polar surface area (TPSA) is 84.0 Å². The van der Waals surface area contributed by atoms with E-state index < -0.39 is 0 Å². The van der Waals surface area contributed by atoms with Crippen LogP contribution in [0.1, 0.15) is 16.8 Å². The van der Waals surface area contributed by atoms with Gasteiger partial charge in [0.15, 0.2) is 5.82 Å². The van der Waals surface area contributed by atoms with E-state index in [9.17, 15) is 4.79 Å². The normalized spacial score (nSPS) is 14.2. The van der Waals surface area contributed by atoms with Crippen LogP contribution in [0.5, 0.6) is 5.75 Å². The number of benzene rings is 1. The number of nitrogens with one attached hydrogen (secondary N) is 1. The second kappa shape index (κ2) is 8.14. The van der Waals surface area contributed by atoms with E-state index in [0.29, 0.717) is 18.1 Å². The molecule has 1 aliphatic rings. The van der Waals surface area contributed by atoms with E-state index in [0.717, 1.165) is 42.1 Å². The fourth-order valence-electron chi connectivity index (χ4n) is 3.31. The number of aromatic nitrogens is 4. The first-order chi connectivity index (χ1) is 13.7. The Labute approximate surface area is 162 Å². The number of aromatic amines is 1. The van der Waals surface area contributed by atoms with Gasteiger partial charge in [-0.15, -0.1) is 0 Å². The highest BCUT2D eigenvalue weighted by molar-refractivity contribution is 5.57. The van der Waals surface area contributed by atoms with Crippen molar-refractivity contribution in [2.45, 2.75) is 13.0 Å². The largest absolute Gasteiger partial charge is 0.496 e. The van der Waals surface area contributed by atoms with Crippen molar-refractivity contribution in [3.8, 4) is 17.3 Å². The fraction of sp³-hybridized carbons (Fsp3) is 0.238. The minimum atomic E-state index is -0.107. The van der Waals surface area contributed by atoms with E-state index in [1.54, 1.807) is 25.7 Å². The molecule has 1 aliphatic heterocycles. The quantitative estimate of drug-likeness (QED) is 0.737. The number of rotatable bonds is 5. The van der Waals surface area contributed by atoms with Crippen molar-refractivity contribution in [1.29, 1.82) is 0 Å². The maximum absolute atomic E-state index is 12.6. The molecule has 142 valence electrons. The zero-order valence-corrected chi connectivity index (χ0v) is 15.6. The third-order valence-corrected chi connectivity index (χ3v) is 4.75. The first-order valence-electron chi connectivity index (χ1n) is 9.15. The Morgan fingerprint density at radius 2 is 2.18 bits per heavy atom. The molecule has 0 radical (unpaired) electrons. The average Bonchev–Trinajstić information content (AvgIpc) is 2.75. The number of nitrogens with zero attached hydrogens (tertiary/aromatic N) is 4. The lowest BCUT2D eigenvalue weighted by molar-refractivity contribution is 0.278.